The van der Waals surface area contributed by atoms with Crippen LogP contribution in [0.5, 0.6) is 0 Å². The first-order valence-corrected chi connectivity index (χ1v) is 9.32. The molecule has 1 saturated heterocycles. The second-order valence-corrected chi connectivity index (χ2v) is 7.05. The third kappa shape index (κ3) is 4.31. The smallest absolute Gasteiger partial charge is 0.333 e. The molecule has 12 heteroatoms. The number of rotatable bonds is 7. The van der Waals surface area contributed by atoms with Crippen LogP contribution in [0.3, 0.4) is 0 Å². The van der Waals surface area contributed by atoms with E-state index in [0.29, 0.717) is 19.4 Å². The van der Waals surface area contributed by atoms with Crippen LogP contribution in [-0.2, 0) is 17.8 Å². The van der Waals surface area contributed by atoms with Crippen molar-refractivity contribution in [1.82, 2.24) is 24.1 Å². The van der Waals surface area contributed by atoms with Crippen molar-refractivity contribution in [3.63, 3.8) is 0 Å². The Morgan fingerprint density at radius 1 is 1.10 bits per heavy atom. The van der Waals surface area contributed by atoms with Crippen molar-refractivity contribution in [3.8, 4) is 0 Å². The summed E-state index contributed by atoms with van der Waals surface area (Å²) in [5.41, 5.74) is -0.930. The van der Waals surface area contributed by atoms with Gasteiger partial charge in [-0.3, -0.25) is 18.6 Å². The lowest BCUT2D eigenvalue weighted by Gasteiger charge is -2.40. The summed E-state index contributed by atoms with van der Waals surface area (Å²) in [6.45, 7) is 1.64. The Bertz CT molecular complexity index is 923. The maximum atomic E-state index is 12.9. The van der Waals surface area contributed by atoms with Gasteiger partial charge in [0.25, 0.3) is 5.56 Å². The fraction of sp³-hybridized carbons (Fsp3) is 0.647. The number of aliphatic hydroxyl groups is 4. The van der Waals surface area contributed by atoms with Gasteiger partial charge in [-0.05, 0) is 19.8 Å². The maximum Gasteiger partial charge on any atom is 0.333 e. The van der Waals surface area contributed by atoms with Crippen molar-refractivity contribution in [2.75, 3.05) is 6.61 Å². The molecule has 2 unspecified atom stereocenters. The topological polar surface area (TPSA) is 165 Å². The van der Waals surface area contributed by atoms with Crippen LogP contribution >= 0.6 is 0 Å². The minimum atomic E-state index is -1.62. The number of hydrogen-bond donors (Lipinski definition) is 4. The largest absolute Gasteiger partial charge is 0.394 e. The SMILES string of the molecule is Cc1cn([C@@H]2OC(CO)[C@H](O)C(O)[C@@H]2O)c(=O)n(CCCCn2ccnn2)c1=O. The van der Waals surface area contributed by atoms with E-state index in [2.05, 4.69) is 10.3 Å². The highest BCUT2D eigenvalue weighted by Crippen LogP contribution is 2.27. The molecule has 0 bridgehead atoms. The molecule has 160 valence electrons. The van der Waals surface area contributed by atoms with Gasteiger partial charge in [-0.15, -0.1) is 5.10 Å². The molecule has 1 fully saturated rings. The average Bonchev–Trinajstić information content (AvgIpc) is 3.22. The van der Waals surface area contributed by atoms with Crippen LogP contribution in [0.4, 0.5) is 0 Å². The normalized spacial score (nSPS) is 27.3. The number of nitrogens with zero attached hydrogens (tertiary/aromatic N) is 5. The Hall–Kier alpha value is -2.38. The second kappa shape index (κ2) is 8.97. The third-order valence-electron chi connectivity index (χ3n) is 5.00. The monoisotopic (exact) mass is 411 g/mol. The summed E-state index contributed by atoms with van der Waals surface area (Å²) in [5, 5.41) is 47.1. The summed E-state index contributed by atoms with van der Waals surface area (Å²) in [6.07, 6.45) is -1.61. The maximum absolute atomic E-state index is 12.9. The molecule has 0 aliphatic carbocycles. The van der Waals surface area contributed by atoms with E-state index in [1.807, 2.05) is 0 Å². The van der Waals surface area contributed by atoms with Gasteiger partial charge >= 0.3 is 5.69 Å². The molecule has 0 aromatic carbocycles. The molecule has 1 aliphatic heterocycles. The van der Waals surface area contributed by atoms with Gasteiger partial charge in [0.1, 0.15) is 24.4 Å². The highest BCUT2D eigenvalue weighted by atomic mass is 16.6. The molecule has 2 aromatic rings. The van der Waals surface area contributed by atoms with Crippen molar-refractivity contribution in [1.29, 1.82) is 0 Å². The Morgan fingerprint density at radius 3 is 2.48 bits per heavy atom. The number of unbranched alkanes of at least 4 members (excludes halogenated alkanes) is 1. The third-order valence-corrected chi connectivity index (χ3v) is 5.00. The van der Waals surface area contributed by atoms with E-state index in [1.54, 1.807) is 17.1 Å². The van der Waals surface area contributed by atoms with Crippen LogP contribution in [0.25, 0.3) is 0 Å². The molecule has 12 nitrogen and oxygen atoms in total. The lowest BCUT2D eigenvalue weighted by Crippen LogP contribution is -2.58. The Kier molecular flexibility index (Phi) is 6.59. The van der Waals surface area contributed by atoms with Crippen molar-refractivity contribution < 1.29 is 25.2 Å². The van der Waals surface area contributed by atoms with Crippen LogP contribution in [0.15, 0.2) is 28.2 Å². The first kappa shape index (κ1) is 21.3. The van der Waals surface area contributed by atoms with Gasteiger partial charge in [0, 0.05) is 31.0 Å². The highest BCUT2D eigenvalue weighted by Gasteiger charge is 2.44. The Balaban J connectivity index is 1.82. The van der Waals surface area contributed by atoms with Crippen molar-refractivity contribution >= 4 is 0 Å². The van der Waals surface area contributed by atoms with Crippen LogP contribution < -0.4 is 11.2 Å². The Morgan fingerprint density at radius 2 is 1.83 bits per heavy atom. The fourth-order valence-corrected chi connectivity index (χ4v) is 3.35. The quantitative estimate of drug-likeness (QED) is 0.356. The molecule has 0 saturated carbocycles. The number of hydrogen-bond acceptors (Lipinski definition) is 9. The molecule has 1 aliphatic rings. The van der Waals surface area contributed by atoms with Crippen LogP contribution in [0.1, 0.15) is 24.6 Å². The van der Waals surface area contributed by atoms with Gasteiger partial charge < -0.3 is 25.2 Å². The Labute approximate surface area is 165 Å². The van der Waals surface area contributed by atoms with Crippen molar-refractivity contribution in [3.05, 3.63) is 45.0 Å². The molecular weight excluding hydrogens is 386 g/mol. The van der Waals surface area contributed by atoms with E-state index in [1.165, 1.54) is 13.1 Å². The van der Waals surface area contributed by atoms with Gasteiger partial charge in [-0.1, -0.05) is 5.21 Å². The van der Waals surface area contributed by atoms with Gasteiger partial charge in [0.2, 0.25) is 0 Å². The molecule has 3 heterocycles. The van der Waals surface area contributed by atoms with Gasteiger partial charge in [0.15, 0.2) is 6.23 Å². The van der Waals surface area contributed by atoms with E-state index in [4.69, 9.17) is 4.74 Å². The molecule has 4 N–H and O–H groups in total. The first-order valence-electron chi connectivity index (χ1n) is 9.32. The van der Waals surface area contributed by atoms with E-state index in [9.17, 15) is 30.0 Å². The standard InChI is InChI=1S/C17H25N5O7/c1-10-8-22(16-14(26)13(25)12(24)11(9-23)29-16)17(28)21(15(10)27)6-3-2-5-20-7-4-18-19-20/h4,7-8,11-14,16,23-26H,2-3,5-6,9H2,1H3/t11?,12-,13?,14-,16+/m0/s1. The molecule has 0 radical (unpaired) electrons. The lowest BCUT2D eigenvalue weighted by atomic mass is 9.98. The van der Waals surface area contributed by atoms with Crippen molar-refractivity contribution in [2.24, 2.45) is 0 Å². The van der Waals surface area contributed by atoms with Crippen LogP contribution in [-0.4, -0.2) is 75.6 Å². The summed E-state index contributed by atoms with van der Waals surface area (Å²) in [5.74, 6) is 0. The predicted molar refractivity (Wildman–Crippen MR) is 98.0 cm³/mol. The summed E-state index contributed by atoms with van der Waals surface area (Å²) in [7, 11) is 0. The molecule has 0 spiro atoms. The van der Waals surface area contributed by atoms with Crippen LogP contribution in [0, 0.1) is 6.92 Å². The second-order valence-electron chi connectivity index (χ2n) is 7.05. The zero-order chi connectivity index (χ0) is 21.1. The molecular formula is C17H25N5O7. The first-order chi connectivity index (χ1) is 13.8. The number of ether oxygens (including phenoxy) is 1. The molecule has 2 aromatic heterocycles. The van der Waals surface area contributed by atoms with E-state index in [0.717, 1.165) is 9.13 Å². The number of aliphatic hydroxyl groups excluding tert-OH is 4. The van der Waals surface area contributed by atoms with Gasteiger partial charge in [-0.25, -0.2) is 4.79 Å². The van der Waals surface area contributed by atoms with E-state index in [-0.39, 0.29) is 12.1 Å². The zero-order valence-electron chi connectivity index (χ0n) is 15.9. The summed E-state index contributed by atoms with van der Waals surface area (Å²) in [6, 6.07) is 0. The predicted octanol–water partition coefficient (Wildman–Crippen LogP) is -2.64. The summed E-state index contributed by atoms with van der Waals surface area (Å²) in [4.78, 5) is 25.3. The number of aryl methyl sites for hydroxylation is 2. The van der Waals surface area contributed by atoms with Gasteiger partial charge in [0.05, 0.1) is 12.8 Å². The molecule has 0 amide bonds. The molecule has 29 heavy (non-hydrogen) atoms. The summed E-state index contributed by atoms with van der Waals surface area (Å²) < 4.78 is 9.14. The molecule has 5 atom stereocenters. The highest BCUT2D eigenvalue weighted by molar-refractivity contribution is 5.05. The lowest BCUT2D eigenvalue weighted by molar-refractivity contribution is -0.252. The van der Waals surface area contributed by atoms with Crippen LogP contribution in [0.2, 0.25) is 0 Å². The number of aromatic nitrogens is 5. The molecule has 3 rings (SSSR count). The van der Waals surface area contributed by atoms with Crippen molar-refractivity contribution in [2.45, 2.75) is 63.5 Å². The summed E-state index contributed by atoms with van der Waals surface area (Å²) >= 11 is 0. The van der Waals surface area contributed by atoms with E-state index >= 15 is 0 Å². The minimum absolute atomic E-state index is 0.144. The fourth-order valence-electron chi connectivity index (χ4n) is 3.35. The van der Waals surface area contributed by atoms with Gasteiger partial charge in [-0.2, -0.15) is 0 Å². The zero-order valence-corrected chi connectivity index (χ0v) is 15.9. The van der Waals surface area contributed by atoms with E-state index < -0.39 is 48.5 Å². The minimum Gasteiger partial charge on any atom is -0.394 e. The average molecular weight is 411 g/mol.